The van der Waals surface area contributed by atoms with Gasteiger partial charge >= 0.3 is 5.97 Å². The van der Waals surface area contributed by atoms with Gasteiger partial charge in [-0.15, -0.1) is 10.2 Å². The molecule has 0 radical (unpaired) electrons. The first-order valence-corrected chi connectivity index (χ1v) is 7.09. The van der Waals surface area contributed by atoms with E-state index in [0.717, 1.165) is 44.2 Å². The first-order valence-electron chi connectivity index (χ1n) is 7.09. The summed E-state index contributed by atoms with van der Waals surface area (Å²) in [6.07, 6.45) is 6.30. The van der Waals surface area contributed by atoms with Crippen molar-refractivity contribution >= 4 is 12.3 Å². The third-order valence-corrected chi connectivity index (χ3v) is 4.16. The molecule has 1 aliphatic carbocycles. The normalized spacial score (nSPS) is 22.5. The van der Waals surface area contributed by atoms with E-state index in [1.807, 2.05) is 11.5 Å². The maximum absolute atomic E-state index is 11.2. The standard InChI is InChI=1S/C14H21N3O3/c1-10-15-16-13(9-18)17(10)12-6-3-11(4-7-12)5-8-14(19)20-2/h9,11-12H,3-8H2,1-2H3. The number of aryl methyl sites for hydroxylation is 1. The Bertz CT molecular complexity index is 476. The molecule has 0 atom stereocenters. The summed E-state index contributed by atoms with van der Waals surface area (Å²) in [7, 11) is 1.43. The number of nitrogens with zero attached hydrogens (tertiary/aromatic N) is 3. The molecular formula is C14H21N3O3. The summed E-state index contributed by atoms with van der Waals surface area (Å²) in [6.45, 7) is 1.88. The third-order valence-electron chi connectivity index (χ3n) is 4.16. The van der Waals surface area contributed by atoms with Crippen LogP contribution in [0.3, 0.4) is 0 Å². The van der Waals surface area contributed by atoms with Crippen LogP contribution in [0.2, 0.25) is 0 Å². The number of hydrogen-bond acceptors (Lipinski definition) is 5. The molecule has 0 aliphatic heterocycles. The quantitative estimate of drug-likeness (QED) is 0.609. The number of aldehydes is 1. The highest BCUT2D eigenvalue weighted by molar-refractivity contribution is 5.69. The number of esters is 1. The highest BCUT2D eigenvalue weighted by Crippen LogP contribution is 2.35. The van der Waals surface area contributed by atoms with Gasteiger partial charge in [-0.3, -0.25) is 9.59 Å². The van der Waals surface area contributed by atoms with Gasteiger partial charge in [-0.25, -0.2) is 0 Å². The van der Waals surface area contributed by atoms with Gasteiger partial charge in [0.15, 0.2) is 12.1 Å². The van der Waals surface area contributed by atoms with Crippen molar-refractivity contribution in [2.75, 3.05) is 7.11 Å². The average molecular weight is 279 g/mol. The van der Waals surface area contributed by atoms with Crippen molar-refractivity contribution in [3.8, 4) is 0 Å². The number of carbonyl (C=O) groups excluding carboxylic acids is 2. The summed E-state index contributed by atoms with van der Waals surface area (Å²) in [4.78, 5) is 22.1. The molecule has 0 spiro atoms. The number of hydrogen-bond donors (Lipinski definition) is 0. The van der Waals surface area contributed by atoms with E-state index < -0.39 is 0 Å². The van der Waals surface area contributed by atoms with Crippen molar-refractivity contribution in [3.05, 3.63) is 11.6 Å². The van der Waals surface area contributed by atoms with Gasteiger partial charge in [0.1, 0.15) is 5.82 Å². The van der Waals surface area contributed by atoms with E-state index in [1.54, 1.807) is 0 Å². The predicted molar refractivity (Wildman–Crippen MR) is 72.4 cm³/mol. The van der Waals surface area contributed by atoms with Crippen LogP contribution in [0.5, 0.6) is 0 Å². The van der Waals surface area contributed by atoms with Crippen LogP contribution < -0.4 is 0 Å². The Morgan fingerprint density at radius 3 is 2.65 bits per heavy atom. The molecule has 0 unspecified atom stereocenters. The van der Waals surface area contributed by atoms with E-state index in [1.165, 1.54) is 7.11 Å². The lowest BCUT2D eigenvalue weighted by atomic mass is 9.83. The fourth-order valence-electron chi connectivity index (χ4n) is 3.03. The van der Waals surface area contributed by atoms with Gasteiger partial charge in [0, 0.05) is 12.5 Å². The molecule has 1 fully saturated rings. The molecule has 110 valence electrons. The molecule has 1 saturated carbocycles. The van der Waals surface area contributed by atoms with Crippen LogP contribution in [0.25, 0.3) is 0 Å². The van der Waals surface area contributed by atoms with Crippen molar-refractivity contribution in [3.63, 3.8) is 0 Å². The van der Waals surface area contributed by atoms with E-state index in [2.05, 4.69) is 14.9 Å². The molecule has 20 heavy (non-hydrogen) atoms. The van der Waals surface area contributed by atoms with Crippen LogP contribution in [-0.2, 0) is 9.53 Å². The zero-order chi connectivity index (χ0) is 14.5. The van der Waals surface area contributed by atoms with Crippen LogP contribution >= 0.6 is 0 Å². The minimum atomic E-state index is -0.134. The highest BCUT2D eigenvalue weighted by atomic mass is 16.5. The molecule has 1 heterocycles. The van der Waals surface area contributed by atoms with Crippen LogP contribution in [0.1, 0.15) is 61.0 Å². The van der Waals surface area contributed by atoms with Crippen LogP contribution in [0.4, 0.5) is 0 Å². The van der Waals surface area contributed by atoms with E-state index in [9.17, 15) is 9.59 Å². The van der Waals surface area contributed by atoms with Crippen molar-refractivity contribution in [2.24, 2.45) is 5.92 Å². The first-order chi connectivity index (χ1) is 9.65. The van der Waals surface area contributed by atoms with Gasteiger partial charge in [0.05, 0.1) is 7.11 Å². The second-order valence-corrected chi connectivity index (χ2v) is 5.38. The smallest absolute Gasteiger partial charge is 0.305 e. The van der Waals surface area contributed by atoms with Crippen molar-refractivity contribution in [2.45, 2.75) is 51.5 Å². The number of aromatic nitrogens is 3. The lowest BCUT2D eigenvalue weighted by Crippen LogP contribution is -2.21. The SMILES string of the molecule is COC(=O)CCC1CCC(n2c(C)nnc2C=O)CC1. The molecule has 0 N–H and O–H groups in total. The Hall–Kier alpha value is -1.72. The molecular weight excluding hydrogens is 258 g/mol. The van der Waals surface area contributed by atoms with E-state index in [-0.39, 0.29) is 5.97 Å². The molecule has 0 saturated heterocycles. The van der Waals surface area contributed by atoms with E-state index >= 15 is 0 Å². The van der Waals surface area contributed by atoms with E-state index in [4.69, 9.17) is 0 Å². The molecule has 1 aliphatic rings. The summed E-state index contributed by atoms with van der Waals surface area (Å²) >= 11 is 0. The minimum Gasteiger partial charge on any atom is -0.469 e. The Balaban J connectivity index is 1.89. The topological polar surface area (TPSA) is 74.1 Å². The van der Waals surface area contributed by atoms with Crippen molar-refractivity contribution < 1.29 is 14.3 Å². The largest absolute Gasteiger partial charge is 0.469 e. The molecule has 1 aromatic rings. The summed E-state index contributed by atoms with van der Waals surface area (Å²) in [6, 6.07) is 0.305. The number of methoxy groups -OCH3 is 1. The summed E-state index contributed by atoms with van der Waals surface area (Å²) in [5, 5.41) is 7.86. The molecule has 0 amide bonds. The van der Waals surface area contributed by atoms with Gasteiger partial charge in [-0.2, -0.15) is 0 Å². The molecule has 0 bridgehead atoms. The predicted octanol–water partition coefficient (Wildman–Crippen LogP) is 2.08. The zero-order valence-corrected chi connectivity index (χ0v) is 12.0. The van der Waals surface area contributed by atoms with Gasteiger partial charge in [0.2, 0.25) is 0 Å². The maximum atomic E-state index is 11.2. The van der Waals surface area contributed by atoms with Gasteiger partial charge in [-0.1, -0.05) is 0 Å². The van der Waals surface area contributed by atoms with E-state index in [0.29, 0.717) is 24.2 Å². The minimum absolute atomic E-state index is 0.134. The van der Waals surface area contributed by atoms with Crippen molar-refractivity contribution in [1.82, 2.24) is 14.8 Å². The zero-order valence-electron chi connectivity index (χ0n) is 12.0. The monoisotopic (exact) mass is 279 g/mol. The molecule has 6 heteroatoms. The van der Waals surface area contributed by atoms with Gasteiger partial charge in [0.25, 0.3) is 0 Å². The summed E-state index contributed by atoms with van der Waals surface area (Å²) in [5.41, 5.74) is 0. The van der Waals surface area contributed by atoms with Crippen LogP contribution in [0.15, 0.2) is 0 Å². The molecule has 2 rings (SSSR count). The summed E-state index contributed by atoms with van der Waals surface area (Å²) < 4.78 is 6.62. The second-order valence-electron chi connectivity index (χ2n) is 5.38. The second kappa shape index (κ2) is 6.63. The number of ether oxygens (including phenoxy) is 1. The molecule has 0 aromatic carbocycles. The third kappa shape index (κ3) is 3.23. The molecule has 1 aromatic heterocycles. The average Bonchev–Trinajstić information content (AvgIpc) is 2.86. The highest BCUT2D eigenvalue weighted by Gasteiger charge is 2.25. The number of carbonyl (C=O) groups is 2. The summed E-state index contributed by atoms with van der Waals surface area (Å²) in [5.74, 6) is 1.65. The Labute approximate surface area is 118 Å². The Kier molecular flexibility index (Phi) is 4.87. The maximum Gasteiger partial charge on any atom is 0.305 e. The fourth-order valence-corrected chi connectivity index (χ4v) is 3.03. The van der Waals surface area contributed by atoms with Gasteiger partial charge in [-0.05, 0) is 44.9 Å². The van der Waals surface area contributed by atoms with Crippen LogP contribution in [0, 0.1) is 12.8 Å². The number of rotatable bonds is 5. The molecule has 6 nitrogen and oxygen atoms in total. The lowest BCUT2D eigenvalue weighted by molar-refractivity contribution is -0.141. The first kappa shape index (κ1) is 14.7. The lowest BCUT2D eigenvalue weighted by Gasteiger charge is -2.30. The fraction of sp³-hybridized carbons (Fsp3) is 0.714. The van der Waals surface area contributed by atoms with Crippen molar-refractivity contribution in [1.29, 1.82) is 0 Å². The Morgan fingerprint density at radius 1 is 1.35 bits per heavy atom. The Morgan fingerprint density at radius 2 is 2.05 bits per heavy atom. The van der Waals surface area contributed by atoms with Gasteiger partial charge < -0.3 is 9.30 Å². The van der Waals surface area contributed by atoms with Crippen LogP contribution in [-0.4, -0.2) is 34.1 Å².